The molecule has 0 bridgehead atoms. The number of carboxylic acids is 1. The van der Waals surface area contributed by atoms with Crippen LogP contribution in [0, 0.1) is 18.3 Å². The SMILES string of the molecule is Cc1cc(O)c(C(=O)O)cc1S(=O)(=O)NC(C)CC#N. The molecule has 1 aromatic rings. The average Bonchev–Trinajstić information content (AvgIpc) is 2.27. The van der Waals surface area contributed by atoms with Gasteiger partial charge in [-0.3, -0.25) is 0 Å². The van der Waals surface area contributed by atoms with Crippen molar-refractivity contribution in [3.63, 3.8) is 0 Å². The molecule has 108 valence electrons. The molecule has 1 unspecified atom stereocenters. The zero-order chi connectivity index (χ0) is 15.5. The molecule has 20 heavy (non-hydrogen) atoms. The Morgan fingerprint density at radius 3 is 2.60 bits per heavy atom. The van der Waals surface area contributed by atoms with E-state index in [0.29, 0.717) is 0 Å². The summed E-state index contributed by atoms with van der Waals surface area (Å²) >= 11 is 0. The molecule has 7 nitrogen and oxygen atoms in total. The number of carbonyl (C=O) groups is 1. The molecule has 0 saturated carbocycles. The third-order valence-electron chi connectivity index (χ3n) is 2.57. The Hall–Kier alpha value is -2.11. The normalized spacial score (nSPS) is 12.7. The summed E-state index contributed by atoms with van der Waals surface area (Å²) in [6.07, 6.45) is -0.0118. The number of nitriles is 1. The number of nitrogens with zero attached hydrogens (tertiary/aromatic N) is 1. The van der Waals surface area contributed by atoms with Gasteiger partial charge in [-0.15, -0.1) is 0 Å². The highest BCUT2D eigenvalue weighted by atomic mass is 32.2. The molecule has 3 N–H and O–H groups in total. The lowest BCUT2D eigenvalue weighted by Gasteiger charge is -2.14. The monoisotopic (exact) mass is 298 g/mol. The number of benzene rings is 1. The first-order valence-electron chi connectivity index (χ1n) is 5.65. The standard InChI is InChI=1S/C12H14N2O5S/c1-7-5-10(15)9(12(16)17)6-11(7)20(18,19)14-8(2)3-4-13/h5-6,8,14-15H,3H2,1-2H3,(H,16,17). The molecular formula is C12H14N2O5S. The number of phenols is 1. The number of hydrogen-bond acceptors (Lipinski definition) is 5. The summed E-state index contributed by atoms with van der Waals surface area (Å²) in [4.78, 5) is 10.7. The molecule has 0 aromatic heterocycles. The van der Waals surface area contributed by atoms with Crippen LogP contribution in [0.25, 0.3) is 0 Å². The lowest BCUT2D eigenvalue weighted by Crippen LogP contribution is -2.32. The first kappa shape index (κ1) is 15.9. The first-order chi connectivity index (χ1) is 9.19. The van der Waals surface area contributed by atoms with E-state index < -0.39 is 33.3 Å². The maximum atomic E-state index is 12.1. The van der Waals surface area contributed by atoms with Gasteiger partial charge in [0.2, 0.25) is 10.0 Å². The van der Waals surface area contributed by atoms with Crippen molar-refractivity contribution in [2.45, 2.75) is 31.2 Å². The predicted molar refractivity (Wildman–Crippen MR) is 69.8 cm³/mol. The molecule has 0 amide bonds. The van der Waals surface area contributed by atoms with Crippen LogP contribution in [0.2, 0.25) is 0 Å². The third kappa shape index (κ3) is 3.46. The Morgan fingerprint density at radius 2 is 2.10 bits per heavy atom. The molecule has 0 fully saturated rings. The van der Waals surface area contributed by atoms with E-state index in [4.69, 9.17) is 10.4 Å². The van der Waals surface area contributed by atoms with Crippen molar-refractivity contribution in [3.8, 4) is 11.8 Å². The fourth-order valence-electron chi connectivity index (χ4n) is 1.64. The minimum Gasteiger partial charge on any atom is -0.507 e. The number of carboxylic acid groups (broad SMARTS) is 1. The zero-order valence-electron chi connectivity index (χ0n) is 10.9. The van der Waals surface area contributed by atoms with Crippen LogP contribution in [0.15, 0.2) is 17.0 Å². The highest BCUT2D eigenvalue weighted by molar-refractivity contribution is 7.89. The fourth-order valence-corrected chi connectivity index (χ4v) is 3.14. The van der Waals surface area contributed by atoms with Crippen LogP contribution >= 0.6 is 0 Å². The lowest BCUT2D eigenvalue weighted by atomic mass is 10.1. The minimum absolute atomic E-state index is 0.0118. The molecular weight excluding hydrogens is 284 g/mol. The van der Waals surface area contributed by atoms with Gasteiger partial charge in [-0.2, -0.15) is 5.26 Å². The highest BCUT2D eigenvalue weighted by Gasteiger charge is 2.23. The van der Waals surface area contributed by atoms with Gasteiger partial charge in [0.05, 0.1) is 17.4 Å². The lowest BCUT2D eigenvalue weighted by molar-refractivity contribution is 0.0693. The molecule has 8 heteroatoms. The van der Waals surface area contributed by atoms with E-state index in [9.17, 15) is 18.3 Å². The Balaban J connectivity index is 3.29. The van der Waals surface area contributed by atoms with Gasteiger partial charge in [0.1, 0.15) is 11.3 Å². The summed E-state index contributed by atoms with van der Waals surface area (Å²) in [5.41, 5.74) is -0.284. The summed E-state index contributed by atoms with van der Waals surface area (Å²) in [6, 6.07) is 3.20. The van der Waals surface area contributed by atoms with Gasteiger partial charge in [-0.05, 0) is 31.5 Å². The summed E-state index contributed by atoms with van der Waals surface area (Å²) in [5.74, 6) is -1.93. The quantitative estimate of drug-likeness (QED) is 0.743. The minimum atomic E-state index is -3.96. The predicted octanol–water partition coefficient (Wildman–Crippen LogP) is 0.979. The van der Waals surface area contributed by atoms with E-state index in [1.54, 1.807) is 0 Å². The van der Waals surface area contributed by atoms with Crippen LogP contribution in [0.5, 0.6) is 5.75 Å². The van der Waals surface area contributed by atoms with E-state index in [0.717, 1.165) is 12.1 Å². The van der Waals surface area contributed by atoms with Crippen LogP contribution in [0.1, 0.15) is 29.3 Å². The van der Waals surface area contributed by atoms with Crippen molar-refractivity contribution in [2.75, 3.05) is 0 Å². The van der Waals surface area contributed by atoms with Crippen LogP contribution in [-0.2, 0) is 10.0 Å². The van der Waals surface area contributed by atoms with E-state index in [-0.39, 0.29) is 16.9 Å². The van der Waals surface area contributed by atoms with Gasteiger partial charge in [0.15, 0.2) is 0 Å². The number of rotatable bonds is 5. The average molecular weight is 298 g/mol. The zero-order valence-corrected chi connectivity index (χ0v) is 11.7. The second-order valence-corrected chi connectivity index (χ2v) is 6.01. The van der Waals surface area contributed by atoms with Crippen molar-refractivity contribution in [2.24, 2.45) is 0 Å². The molecule has 0 aliphatic heterocycles. The van der Waals surface area contributed by atoms with Crippen molar-refractivity contribution in [3.05, 3.63) is 23.3 Å². The number of aromatic hydroxyl groups is 1. The molecule has 0 aliphatic carbocycles. The van der Waals surface area contributed by atoms with Gasteiger partial charge in [0, 0.05) is 6.04 Å². The smallest absolute Gasteiger partial charge is 0.339 e. The van der Waals surface area contributed by atoms with Gasteiger partial charge < -0.3 is 10.2 Å². The van der Waals surface area contributed by atoms with Crippen LogP contribution in [0.4, 0.5) is 0 Å². The van der Waals surface area contributed by atoms with E-state index >= 15 is 0 Å². The summed E-state index contributed by atoms with van der Waals surface area (Å²) in [5, 5.41) is 26.9. The van der Waals surface area contributed by atoms with Crippen LogP contribution < -0.4 is 4.72 Å². The van der Waals surface area contributed by atoms with Crippen molar-refractivity contribution in [1.29, 1.82) is 5.26 Å². The summed E-state index contributed by atoms with van der Waals surface area (Å²) in [6.45, 7) is 2.96. The first-order valence-corrected chi connectivity index (χ1v) is 7.13. The molecule has 0 aliphatic rings. The number of nitrogens with one attached hydrogen (secondary N) is 1. The fraction of sp³-hybridized carbons (Fsp3) is 0.333. The van der Waals surface area contributed by atoms with E-state index in [1.165, 1.54) is 13.8 Å². The maximum Gasteiger partial charge on any atom is 0.339 e. The number of hydrogen-bond donors (Lipinski definition) is 3. The topological polar surface area (TPSA) is 127 Å². The van der Waals surface area contributed by atoms with E-state index in [2.05, 4.69) is 4.72 Å². The molecule has 0 heterocycles. The van der Waals surface area contributed by atoms with Gasteiger partial charge >= 0.3 is 5.97 Å². The Labute approximate surface area is 116 Å². The van der Waals surface area contributed by atoms with Crippen LogP contribution in [0.3, 0.4) is 0 Å². The highest BCUT2D eigenvalue weighted by Crippen LogP contribution is 2.25. The van der Waals surface area contributed by atoms with E-state index in [1.807, 2.05) is 6.07 Å². The maximum absolute atomic E-state index is 12.1. The molecule has 0 radical (unpaired) electrons. The molecule has 1 atom stereocenters. The molecule has 1 aromatic carbocycles. The largest absolute Gasteiger partial charge is 0.507 e. The summed E-state index contributed by atoms with van der Waals surface area (Å²) in [7, 11) is -3.96. The number of aryl methyl sites for hydroxylation is 1. The molecule has 1 rings (SSSR count). The second kappa shape index (κ2) is 5.90. The number of aromatic carboxylic acids is 1. The van der Waals surface area contributed by atoms with Crippen molar-refractivity contribution >= 4 is 16.0 Å². The summed E-state index contributed by atoms with van der Waals surface area (Å²) < 4.78 is 26.5. The molecule has 0 spiro atoms. The Morgan fingerprint density at radius 1 is 1.50 bits per heavy atom. The van der Waals surface area contributed by atoms with Gasteiger partial charge in [0.25, 0.3) is 0 Å². The third-order valence-corrected chi connectivity index (χ3v) is 4.30. The Kier molecular flexibility index (Phi) is 4.70. The van der Waals surface area contributed by atoms with Crippen LogP contribution in [-0.4, -0.2) is 30.6 Å². The van der Waals surface area contributed by atoms with Crippen molar-refractivity contribution < 1.29 is 23.4 Å². The Bertz CT molecular complexity index is 676. The molecule has 0 saturated heterocycles. The number of sulfonamides is 1. The van der Waals surface area contributed by atoms with Gasteiger partial charge in [-0.25, -0.2) is 17.9 Å². The second-order valence-electron chi connectivity index (χ2n) is 4.32. The van der Waals surface area contributed by atoms with Crippen molar-refractivity contribution in [1.82, 2.24) is 4.72 Å². The van der Waals surface area contributed by atoms with Gasteiger partial charge in [-0.1, -0.05) is 0 Å².